The molecule has 96 valence electrons. The minimum Gasteiger partial charge on any atom is -0.378 e. The highest BCUT2D eigenvalue weighted by atomic mass is 16.5. The first-order valence-corrected chi connectivity index (χ1v) is 6.34. The lowest BCUT2D eigenvalue weighted by Gasteiger charge is -2.30. The van der Waals surface area contributed by atoms with Crippen LogP contribution in [0.15, 0.2) is 0 Å². The van der Waals surface area contributed by atoms with Crippen LogP contribution in [0.4, 0.5) is 0 Å². The van der Waals surface area contributed by atoms with Gasteiger partial charge in [-0.2, -0.15) is 0 Å². The Kier molecular flexibility index (Phi) is 3.99. The van der Waals surface area contributed by atoms with E-state index in [1.54, 1.807) is 0 Å². The SMILES string of the molecule is CC1CC(NC(=O)C2CCC(=O)NC2)CCO1. The highest BCUT2D eigenvalue weighted by Gasteiger charge is 2.27. The zero-order valence-corrected chi connectivity index (χ0v) is 10.2. The molecule has 5 nitrogen and oxygen atoms in total. The van der Waals surface area contributed by atoms with E-state index >= 15 is 0 Å². The van der Waals surface area contributed by atoms with E-state index < -0.39 is 0 Å². The molecule has 0 saturated carbocycles. The number of ether oxygens (including phenoxy) is 1. The molecule has 0 aromatic heterocycles. The second-order valence-electron chi connectivity index (χ2n) is 4.95. The van der Waals surface area contributed by atoms with Crippen LogP contribution in [-0.2, 0) is 14.3 Å². The van der Waals surface area contributed by atoms with E-state index in [0.717, 1.165) is 12.8 Å². The topological polar surface area (TPSA) is 67.4 Å². The molecule has 5 heteroatoms. The average Bonchev–Trinajstić information content (AvgIpc) is 2.29. The van der Waals surface area contributed by atoms with Gasteiger partial charge in [-0.1, -0.05) is 0 Å². The van der Waals surface area contributed by atoms with Crippen LogP contribution in [0.5, 0.6) is 0 Å². The summed E-state index contributed by atoms with van der Waals surface area (Å²) < 4.78 is 5.44. The van der Waals surface area contributed by atoms with E-state index in [1.165, 1.54) is 0 Å². The van der Waals surface area contributed by atoms with Crippen molar-refractivity contribution in [2.45, 2.75) is 44.8 Å². The molecule has 0 spiro atoms. The Morgan fingerprint density at radius 1 is 1.47 bits per heavy atom. The number of nitrogens with one attached hydrogen (secondary N) is 2. The lowest BCUT2D eigenvalue weighted by atomic mass is 9.96. The maximum absolute atomic E-state index is 12.0. The van der Waals surface area contributed by atoms with Gasteiger partial charge in [-0.3, -0.25) is 9.59 Å². The summed E-state index contributed by atoms with van der Waals surface area (Å²) in [5.74, 6) is 0.0590. The Balaban J connectivity index is 1.78. The number of piperidine rings is 1. The monoisotopic (exact) mass is 240 g/mol. The number of carbonyl (C=O) groups is 2. The maximum Gasteiger partial charge on any atom is 0.225 e. The second-order valence-corrected chi connectivity index (χ2v) is 4.95. The molecule has 0 aromatic carbocycles. The van der Waals surface area contributed by atoms with Crippen LogP contribution >= 0.6 is 0 Å². The highest BCUT2D eigenvalue weighted by molar-refractivity contribution is 5.83. The largest absolute Gasteiger partial charge is 0.378 e. The zero-order chi connectivity index (χ0) is 12.3. The van der Waals surface area contributed by atoms with Crippen molar-refractivity contribution in [1.82, 2.24) is 10.6 Å². The van der Waals surface area contributed by atoms with Gasteiger partial charge >= 0.3 is 0 Å². The maximum atomic E-state index is 12.0. The van der Waals surface area contributed by atoms with Gasteiger partial charge in [0.15, 0.2) is 0 Å². The molecule has 2 aliphatic rings. The minimum absolute atomic E-state index is 0.0498. The van der Waals surface area contributed by atoms with Gasteiger partial charge in [0.1, 0.15) is 0 Å². The van der Waals surface area contributed by atoms with Gasteiger partial charge in [0, 0.05) is 25.6 Å². The molecule has 2 aliphatic heterocycles. The van der Waals surface area contributed by atoms with Crippen molar-refractivity contribution >= 4 is 11.8 Å². The molecule has 0 radical (unpaired) electrons. The summed E-state index contributed by atoms with van der Waals surface area (Å²) in [7, 11) is 0. The summed E-state index contributed by atoms with van der Waals surface area (Å²) in [5.41, 5.74) is 0. The van der Waals surface area contributed by atoms with Gasteiger partial charge in [-0.05, 0) is 26.2 Å². The molecule has 3 atom stereocenters. The van der Waals surface area contributed by atoms with E-state index in [2.05, 4.69) is 10.6 Å². The van der Waals surface area contributed by atoms with E-state index in [9.17, 15) is 9.59 Å². The predicted molar refractivity (Wildman–Crippen MR) is 62.3 cm³/mol. The third kappa shape index (κ3) is 3.43. The molecule has 2 rings (SSSR count). The van der Waals surface area contributed by atoms with Crippen LogP contribution in [-0.4, -0.2) is 37.1 Å². The molecule has 17 heavy (non-hydrogen) atoms. The average molecular weight is 240 g/mol. The molecule has 2 N–H and O–H groups in total. The normalized spacial score (nSPS) is 33.9. The molecule has 2 amide bonds. The fourth-order valence-corrected chi connectivity index (χ4v) is 2.40. The molecule has 2 fully saturated rings. The number of hydrogen-bond donors (Lipinski definition) is 2. The van der Waals surface area contributed by atoms with E-state index in [-0.39, 0.29) is 29.9 Å². The molecular formula is C12H20N2O3. The van der Waals surface area contributed by atoms with Gasteiger partial charge in [0.05, 0.1) is 12.0 Å². The molecule has 2 saturated heterocycles. The van der Waals surface area contributed by atoms with Crippen molar-refractivity contribution in [1.29, 1.82) is 0 Å². The van der Waals surface area contributed by atoms with Crippen LogP contribution in [0, 0.1) is 5.92 Å². The fraction of sp³-hybridized carbons (Fsp3) is 0.833. The molecule has 2 heterocycles. The lowest BCUT2D eigenvalue weighted by Crippen LogP contribution is -2.48. The van der Waals surface area contributed by atoms with E-state index in [4.69, 9.17) is 4.74 Å². The summed E-state index contributed by atoms with van der Waals surface area (Å²) in [6, 6.07) is 0.226. The van der Waals surface area contributed by atoms with Crippen molar-refractivity contribution in [2.75, 3.05) is 13.2 Å². The Labute approximate surface area is 101 Å². The summed E-state index contributed by atoms with van der Waals surface area (Å²) >= 11 is 0. The molecule has 0 aromatic rings. The predicted octanol–water partition coefficient (Wildman–Crippen LogP) is 0.196. The van der Waals surface area contributed by atoms with Gasteiger partial charge in [-0.25, -0.2) is 0 Å². The quantitative estimate of drug-likeness (QED) is 0.724. The summed E-state index contributed by atoms with van der Waals surface area (Å²) in [6.45, 7) is 3.22. The first-order valence-electron chi connectivity index (χ1n) is 6.34. The van der Waals surface area contributed by atoms with Crippen molar-refractivity contribution in [2.24, 2.45) is 5.92 Å². The van der Waals surface area contributed by atoms with Gasteiger partial charge in [0.2, 0.25) is 11.8 Å². The van der Waals surface area contributed by atoms with Crippen LogP contribution in [0.2, 0.25) is 0 Å². The Hall–Kier alpha value is -1.10. The van der Waals surface area contributed by atoms with Crippen molar-refractivity contribution in [3.63, 3.8) is 0 Å². The summed E-state index contributed by atoms with van der Waals surface area (Å²) in [5, 5.41) is 5.80. The molecular weight excluding hydrogens is 220 g/mol. The third-order valence-corrected chi connectivity index (χ3v) is 3.47. The third-order valence-electron chi connectivity index (χ3n) is 3.47. The number of amides is 2. The molecule has 3 unspecified atom stereocenters. The number of hydrogen-bond acceptors (Lipinski definition) is 3. The van der Waals surface area contributed by atoms with Crippen molar-refractivity contribution < 1.29 is 14.3 Å². The van der Waals surface area contributed by atoms with Gasteiger partial charge in [-0.15, -0.1) is 0 Å². The van der Waals surface area contributed by atoms with Crippen molar-refractivity contribution in [3.8, 4) is 0 Å². The number of rotatable bonds is 2. The molecule has 0 bridgehead atoms. The van der Waals surface area contributed by atoms with E-state index in [1.807, 2.05) is 6.92 Å². The highest BCUT2D eigenvalue weighted by Crippen LogP contribution is 2.16. The number of carbonyl (C=O) groups excluding carboxylic acids is 2. The van der Waals surface area contributed by atoms with Crippen LogP contribution in [0.25, 0.3) is 0 Å². The van der Waals surface area contributed by atoms with E-state index in [0.29, 0.717) is 26.0 Å². The van der Waals surface area contributed by atoms with Crippen molar-refractivity contribution in [3.05, 3.63) is 0 Å². The van der Waals surface area contributed by atoms with Crippen LogP contribution in [0.1, 0.15) is 32.6 Å². The lowest BCUT2D eigenvalue weighted by molar-refractivity contribution is -0.130. The molecule has 0 aliphatic carbocycles. The Bertz CT molecular complexity index is 296. The Morgan fingerprint density at radius 2 is 2.29 bits per heavy atom. The van der Waals surface area contributed by atoms with Crippen LogP contribution in [0.3, 0.4) is 0 Å². The fourth-order valence-electron chi connectivity index (χ4n) is 2.40. The first-order chi connectivity index (χ1) is 8.15. The van der Waals surface area contributed by atoms with Gasteiger partial charge < -0.3 is 15.4 Å². The Morgan fingerprint density at radius 3 is 2.94 bits per heavy atom. The zero-order valence-electron chi connectivity index (χ0n) is 10.2. The summed E-state index contributed by atoms with van der Waals surface area (Å²) in [4.78, 5) is 23.0. The second kappa shape index (κ2) is 5.49. The van der Waals surface area contributed by atoms with Crippen LogP contribution < -0.4 is 10.6 Å². The summed E-state index contributed by atoms with van der Waals surface area (Å²) in [6.07, 6.45) is 3.11. The first kappa shape index (κ1) is 12.4. The van der Waals surface area contributed by atoms with Gasteiger partial charge in [0.25, 0.3) is 0 Å². The smallest absolute Gasteiger partial charge is 0.225 e. The standard InChI is InChI=1S/C12H20N2O3/c1-8-6-10(4-5-17-8)14-12(16)9-2-3-11(15)13-7-9/h8-10H,2-7H2,1H3,(H,13,15)(H,14,16). The minimum atomic E-state index is -0.0640.